The van der Waals surface area contributed by atoms with Crippen LogP contribution in [0.5, 0.6) is 0 Å². The van der Waals surface area contributed by atoms with Crippen LogP contribution in [0.2, 0.25) is 0 Å². The van der Waals surface area contributed by atoms with Gasteiger partial charge in [-0.1, -0.05) is 24.3 Å². The first kappa shape index (κ1) is 10.8. The number of allylic oxidation sites excluding steroid dienone is 4. The Morgan fingerprint density at radius 2 is 1.21 bits per heavy atom. The molecule has 100 valence electrons. The van der Waals surface area contributed by atoms with Crippen LogP contribution < -0.4 is 0 Å². The predicted molar refractivity (Wildman–Crippen MR) is 70.0 cm³/mol. The summed E-state index contributed by atoms with van der Waals surface area (Å²) in [4.78, 5) is 12.8. The van der Waals surface area contributed by atoms with E-state index in [1.807, 2.05) is 12.2 Å². The quantitative estimate of drug-likeness (QED) is 0.628. The van der Waals surface area contributed by atoms with E-state index in [1.165, 1.54) is 0 Å². The van der Waals surface area contributed by atoms with Gasteiger partial charge >= 0.3 is 0 Å². The lowest BCUT2D eigenvalue weighted by atomic mass is 9.77. The van der Waals surface area contributed by atoms with Crippen molar-refractivity contribution in [3.05, 3.63) is 24.3 Å². The molecule has 1 saturated heterocycles. The Balaban J connectivity index is 1.72. The number of ketones is 1. The summed E-state index contributed by atoms with van der Waals surface area (Å²) in [5.74, 6) is 0.408. The van der Waals surface area contributed by atoms with Crippen molar-refractivity contribution in [2.45, 2.75) is 23.3 Å². The Bertz CT molecular complexity index is 596. The SMILES string of the molecule is O=C1[C@H]2[C@H]([C@H]3C=C[C@H]2C3)S(=O)(=O)[C@H]2[C@H]1[C@H]1C=C[C@@H]2C1. The zero-order valence-corrected chi connectivity index (χ0v) is 11.3. The van der Waals surface area contributed by atoms with Gasteiger partial charge in [-0.25, -0.2) is 8.42 Å². The molecule has 3 nitrogen and oxygen atoms in total. The van der Waals surface area contributed by atoms with Gasteiger partial charge in [-0.15, -0.1) is 0 Å². The van der Waals surface area contributed by atoms with Gasteiger partial charge in [0.1, 0.15) is 5.78 Å². The second-order valence-electron chi connectivity index (χ2n) is 6.87. The van der Waals surface area contributed by atoms with Crippen LogP contribution in [0, 0.1) is 35.5 Å². The highest BCUT2D eigenvalue weighted by molar-refractivity contribution is 7.92. The molecule has 1 heterocycles. The van der Waals surface area contributed by atoms with E-state index < -0.39 is 20.3 Å². The first-order valence-electron chi connectivity index (χ1n) is 7.22. The number of carbonyl (C=O) groups is 1. The van der Waals surface area contributed by atoms with Gasteiger partial charge in [-0.05, 0) is 36.5 Å². The van der Waals surface area contributed by atoms with E-state index in [4.69, 9.17) is 0 Å². The maximum Gasteiger partial charge on any atom is 0.158 e. The van der Waals surface area contributed by atoms with E-state index in [0.717, 1.165) is 12.8 Å². The standard InChI is InChI=1S/C15H16O3S/c16-13-11-7-1-3-9(5-7)14(11)19(17,18)15-10-4-2-8(6-10)12(13)15/h1-4,7-12,14-15H,5-6H2/t7-,8-,9-,10+,11-,12-,14-,15+/m0/s1. The molecule has 3 fully saturated rings. The molecule has 0 amide bonds. The van der Waals surface area contributed by atoms with Crippen LogP contribution in [0.4, 0.5) is 0 Å². The molecular formula is C15H16O3S. The summed E-state index contributed by atoms with van der Waals surface area (Å²) < 4.78 is 26.0. The van der Waals surface area contributed by atoms with Crippen LogP contribution in [-0.2, 0) is 14.6 Å². The van der Waals surface area contributed by atoms with Gasteiger partial charge in [0.15, 0.2) is 9.84 Å². The number of hydrogen-bond acceptors (Lipinski definition) is 3. The maximum atomic E-state index is 13.0. The van der Waals surface area contributed by atoms with Crippen LogP contribution in [0.1, 0.15) is 12.8 Å². The van der Waals surface area contributed by atoms with E-state index >= 15 is 0 Å². The molecule has 0 aromatic rings. The number of sulfone groups is 1. The van der Waals surface area contributed by atoms with Gasteiger partial charge in [0, 0.05) is 11.8 Å². The molecule has 0 radical (unpaired) electrons. The topological polar surface area (TPSA) is 51.2 Å². The van der Waals surface area contributed by atoms with Gasteiger partial charge in [0.2, 0.25) is 0 Å². The third-order valence-corrected chi connectivity index (χ3v) is 8.99. The van der Waals surface area contributed by atoms with Crippen molar-refractivity contribution in [1.82, 2.24) is 0 Å². The molecule has 4 aliphatic carbocycles. The van der Waals surface area contributed by atoms with E-state index in [1.54, 1.807) is 0 Å². The van der Waals surface area contributed by atoms with E-state index in [2.05, 4.69) is 12.2 Å². The number of hydrogen-bond donors (Lipinski definition) is 0. The number of carbonyl (C=O) groups excluding carboxylic acids is 1. The molecule has 4 bridgehead atoms. The molecule has 2 saturated carbocycles. The third kappa shape index (κ3) is 1.04. The molecular weight excluding hydrogens is 260 g/mol. The van der Waals surface area contributed by atoms with Gasteiger partial charge < -0.3 is 0 Å². The minimum Gasteiger partial charge on any atom is -0.299 e. The van der Waals surface area contributed by atoms with Crippen molar-refractivity contribution in [3.8, 4) is 0 Å². The highest BCUT2D eigenvalue weighted by atomic mass is 32.2. The van der Waals surface area contributed by atoms with Crippen LogP contribution in [0.3, 0.4) is 0 Å². The first-order chi connectivity index (χ1) is 9.09. The van der Waals surface area contributed by atoms with Crippen molar-refractivity contribution in [2.24, 2.45) is 35.5 Å². The van der Waals surface area contributed by atoms with Gasteiger partial charge in [-0.2, -0.15) is 0 Å². The fraction of sp³-hybridized carbons (Fsp3) is 0.667. The largest absolute Gasteiger partial charge is 0.299 e. The van der Waals surface area contributed by atoms with Crippen LogP contribution in [-0.4, -0.2) is 24.7 Å². The van der Waals surface area contributed by atoms with Crippen molar-refractivity contribution in [1.29, 1.82) is 0 Å². The predicted octanol–water partition coefficient (Wildman–Crippen LogP) is 1.37. The Labute approximate surface area is 112 Å². The zero-order valence-electron chi connectivity index (χ0n) is 10.5. The van der Waals surface area contributed by atoms with Crippen molar-refractivity contribution < 1.29 is 13.2 Å². The average Bonchev–Trinajstić information content (AvgIpc) is 3.11. The van der Waals surface area contributed by atoms with Crippen LogP contribution >= 0.6 is 0 Å². The number of rotatable bonds is 0. The third-order valence-electron chi connectivity index (χ3n) is 6.19. The molecule has 8 atom stereocenters. The van der Waals surface area contributed by atoms with Crippen LogP contribution in [0.15, 0.2) is 24.3 Å². The van der Waals surface area contributed by atoms with Crippen molar-refractivity contribution in [3.63, 3.8) is 0 Å². The molecule has 1 aliphatic heterocycles. The number of Topliss-reactive ketones (excluding diaryl/α,β-unsaturated/α-hetero) is 1. The molecule has 4 heteroatoms. The van der Waals surface area contributed by atoms with Crippen LogP contribution in [0.25, 0.3) is 0 Å². The Hall–Kier alpha value is -0.900. The lowest BCUT2D eigenvalue weighted by molar-refractivity contribution is -0.128. The van der Waals surface area contributed by atoms with Gasteiger partial charge in [0.05, 0.1) is 10.5 Å². The summed E-state index contributed by atoms with van der Waals surface area (Å²) in [6.07, 6.45) is 10.0. The van der Waals surface area contributed by atoms with E-state index in [0.29, 0.717) is 0 Å². The van der Waals surface area contributed by atoms with Crippen molar-refractivity contribution in [2.75, 3.05) is 0 Å². The van der Waals surface area contributed by atoms with E-state index in [-0.39, 0.29) is 41.3 Å². The lowest BCUT2D eigenvalue weighted by Gasteiger charge is -2.41. The van der Waals surface area contributed by atoms with Crippen molar-refractivity contribution >= 4 is 15.6 Å². The van der Waals surface area contributed by atoms with E-state index in [9.17, 15) is 13.2 Å². The van der Waals surface area contributed by atoms with Gasteiger partial charge in [-0.3, -0.25) is 4.79 Å². The smallest absolute Gasteiger partial charge is 0.158 e. The maximum absolute atomic E-state index is 13.0. The fourth-order valence-electron chi connectivity index (χ4n) is 5.60. The minimum absolute atomic E-state index is 0.105. The normalized spacial score (nSPS) is 58.6. The molecule has 0 spiro atoms. The second kappa shape index (κ2) is 3.05. The molecule has 0 aromatic heterocycles. The summed E-state index contributed by atoms with van der Waals surface area (Å²) in [5, 5.41) is -0.798. The highest BCUT2D eigenvalue weighted by Crippen LogP contribution is 2.59. The molecule has 0 N–H and O–H groups in total. The molecule has 5 rings (SSSR count). The molecule has 19 heavy (non-hydrogen) atoms. The van der Waals surface area contributed by atoms with Gasteiger partial charge in [0.25, 0.3) is 0 Å². The molecule has 0 aromatic carbocycles. The Kier molecular flexibility index (Phi) is 1.74. The zero-order chi connectivity index (χ0) is 12.9. The summed E-state index contributed by atoms with van der Waals surface area (Å²) in [7, 11) is -3.16. The number of fused-ring (bicyclic) bond motifs is 10. The summed E-state index contributed by atoms with van der Waals surface area (Å²) in [6.45, 7) is 0. The summed E-state index contributed by atoms with van der Waals surface area (Å²) in [5.41, 5.74) is 0. The average molecular weight is 276 g/mol. The monoisotopic (exact) mass is 276 g/mol. The lowest BCUT2D eigenvalue weighted by Crippen LogP contribution is -2.55. The minimum atomic E-state index is -3.16. The Morgan fingerprint density at radius 3 is 1.68 bits per heavy atom. The Morgan fingerprint density at radius 1 is 0.789 bits per heavy atom. The summed E-state index contributed by atoms with van der Waals surface area (Å²) in [6, 6.07) is 0. The first-order valence-corrected chi connectivity index (χ1v) is 8.83. The highest BCUT2D eigenvalue weighted by Gasteiger charge is 2.67. The summed E-state index contributed by atoms with van der Waals surface area (Å²) >= 11 is 0. The molecule has 5 aliphatic rings. The molecule has 0 unspecified atom stereocenters. The fourth-order valence-corrected chi connectivity index (χ4v) is 8.83. The second-order valence-corrected chi connectivity index (χ2v) is 9.14.